The van der Waals surface area contributed by atoms with Crippen molar-refractivity contribution >= 4 is 0 Å². The van der Waals surface area contributed by atoms with Crippen LogP contribution in [-0.4, -0.2) is 72.4 Å². The Balaban J connectivity index is 1.29. The number of aliphatic hydroxyl groups excluding tert-OH is 1. The minimum absolute atomic E-state index is 0.0606. The van der Waals surface area contributed by atoms with Gasteiger partial charge in [0.1, 0.15) is 0 Å². The molecule has 2 N–H and O–H groups in total. The predicted molar refractivity (Wildman–Crippen MR) is 86.5 cm³/mol. The molecule has 3 fully saturated rings. The van der Waals surface area contributed by atoms with Crippen LogP contribution >= 0.6 is 0 Å². The molecular formula is C17H33N3O. The zero-order chi connectivity index (χ0) is 14.7. The lowest BCUT2D eigenvalue weighted by molar-refractivity contribution is 0.117. The van der Waals surface area contributed by atoms with Crippen LogP contribution in [0.2, 0.25) is 0 Å². The van der Waals surface area contributed by atoms with E-state index in [1.54, 1.807) is 0 Å². The first-order valence-electron chi connectivity index (χ1n) is 9.00. The molecule has 2 saturated carbocycles. The molecule has 1 heterocycles. The van der Waals surface area contributed by atoms with Gasteiger partial charge in [-0.25, -0.2) is 0 Å². The third-order valence-electron chi connectivity index (χ3n) is 5.36. The Morgan fingerprint density at radius 3 is 2.29 bits per heavy atom. The lowest BCUT2D eigenvalue weighted by atomic mass is 9.96. The van der Waals surface area contributed by atoms with E-state index in [9.17, 15) is 5.11 Å². The molecule has 3 rings (SSSR count). The van der Waals surface area contributed by atoms with Crippen molar-refractivity contribution in [3.63, 3.8) is 0 Å². The van der Waals surface area contributed by atoms with E-state index in [4.69, 9.17) is 0 Å². The summed E-state index contributed by atoms with van der Waals surface area (Å²) in [5.74, 6) is 1.02. The van der Waals surface area contributed by atoms with Gasteiger partial charge in [-0.2, -0.15) is 0 Å². The number of nitrogens with zero attached hydrogens (tertiary/aromatic N) is 2. The molecule has 0 aromatic heterocycles. The smallest absolute Gasteiger partial charge is 0.0610 e. The molecule has 0 bridgehead atoms. The molecule has 0 spiro atoms. The van der Waals surface area contributed by atoms with Crippen molar-refractivity contribution in [1.29, 1.82) is 0 Å². The van der Waals surface area contributed by atoms with Crippen molar-refractivity contribution in [3.8, 4) is 0 Å². The van der Waals surface area contributed by atoms with Crippen molar-refractivity contribution in [2.45, 2.75) is 57.0 Å². The zero-order valence-corrected chi connectivity index (χ0v) is 13.7. The highest BCUT2D eigenvalue weighted by Crippen LogP contribution is 2.30. The molecule has 1 saturated heterocycles. The van der Waals surface area contributed by atoms with E-state index >= 15 is 0 Å². The molecule has 3 aliphatic rings. The van der Waals surface area contributed by atoms with Gasteiger partial charge < -0.3 is 20.2 Å². The summed E-state index contributed by atoms with van der Waals surface area (Å²) in [4.78, 5) is 5.26. The number of hydrogen-bond donors (Lipinski definition) is 2. The molecule has 2 aliphatic carbocycles. The van der Waals surface area contributed by atoms with E-state index in [0.717, 1.165) is 12.3 Å². The minimum atomic E-state index is -0.0606. The molecule has 0 amide bonds. The second-order valence-electron chi connectivity index (χ2n) is 7.83. The highest BCUT2D eigenvalue weighted by Gasteiger charge is 2.32. The van der Waals surface area contributed by atoms with Gasteiger partial charge in [-0.05, 0) is 57.9 Å². The molecule has 1 aliphatic heterocycles. The van der Waals surface area contributed by atoms with Crippen LogP contribution in [0.3, 0.4) is 0 Å². The third-order valence-corrected chi connectivity index (χ3v) is 5.36. The second kappa shape index (κ2) is 6.95. The Morgan fingerprint density at radius 2 is 1.71 bits per heavy atom. The van der Waals surface area contributed by atoms with Gasteiger partial charge in [0.05, 0.1) is 6.61 Å². The third kappa shape index (κ3) is 5.20. The van der Waals surface area contributed by atoms with Gasteiger partial charge in [-0.3, -0.25) is 0 Å². The number of aliphatic hydroxyl groups is 1. The molecule has 0 aromatic rings. The van der Waals surface area contributed by atoms with Gasteiger partial charge in [-0.1, -0.05) is 0 Å². The average Bonchev–Trinajstić information content (AvgIpc) is 3.38. The van der Waals surface area contributed by atoms with E-state index in [1.807, 2.05) is 0 Å². The quantitative estimate of drug-likeness (QED) is 0.672. The zero-order valence-electron chi connectivity index (χ0n) is 13.7. The van der Waals surface area contributed by atoms with Crippen molar-refractivity contribution in [1.82, 2.24) is 15.1 Å². The lowest BCUT2D eigenvalue weighted by Gasteiger charge is -2.36. The second-order valence-corrected chi connectivity index (χ2v) is 7.83. The lowest BCUT2D eigenvalue weighted by Crippen LogP contribution is -2.49. The Labute approximate surface area is 129 Å². The van der Waals surface area contributed by atoms with E-state index in [2.05, 4.69) is 22.0 Å². The predicted octanol–water partition coefficient (Wildman–Crippen LogP) is 1.30. The fraction of sp³-hybridized carbons (Fsp3) is 1.00. The highest BCUT2D eigenvalue weighted by molar-refractivity contribution is 4.92. The Bertz CT molecular complexity index is 322. The molecule has 4 nitrogen and oxygen atoms in total. The van der Waals surface area contributed by atoms with Crippen molar-refractivity contribution in [2.24, 2.45) is 5.92 Å². The summed E-state index contributed by atoms with van der Waals surface area (Å²) in [7, 11) is 0. The maximum absolute atomic E-state index is 9.64. The molecule has 122 valence electrons. The molecule has 0 radical (unpaired) electrons. The minimum Gasteiger partial charge on any atom is -0.394 e. The molecule has 21 heavy (non-hydrogen) atoms. The van der Waals surface area contributed by atoms with E-state index in [1.165, 1.54) is 71.4 Å². The Hall–Kier alpha value is -0.160. The summed E-state index contributed by atoms with van der Waals surface area (Å²) in [5.41, 5.74) is -0.0606. The fourth-order valence-electron chi connectivity index (χ4n) is 3.47. The average molecular weight is 295 g/mol. The molecule has 1 unspecified atom stereocenters. The van der Waals surface area contributed by atoms with Crippen molar-refractivity contribution in [2.75, 3.05) is 45.9 Å². The summed E-state index contributed by atoms with van der Waals surface area (Å²) in [6.07, 6.45) is 7.79. The highest BCUT2D eigenvalue weighted by atomic mass is 16.3. The Morgan fingerprint density at radius 1 is 1.05 bits per heavy atom. The number of hydrogen-bond acceptors (Lipinski definition) is 4. The number of rotatable bonds is 9. The van der Waals surface area contributed by atoms with Crippen LogP contribution in [-0.2, 0) is 0 Å². The normalized spacial score (nSPS) is 27.7. The molecule has 0 aromatic carbocycles. The van der Waals surface area contributed by atoms with Gasteiger partial charge in [0.25, 0.3) is 0 Å². The van der Waals surface area contributed by atoms with Gasteiger partial charge >= 0.3 is 0 Å². The van der Waals surface area contributed by atoms with Crippen LogP contribution in [0.4, 0.5) is 0 Å². The van der Waals surface area contributed by atoms with Gasteiger partial charge in [0, 0.05) is 44.3 Å². The largest absolute Gasteiger partial charge is 0.394 e. The van der Waals surface area contributed by atoms with E-state index in [0.29, 0.717) is 6.04 Å². The van der Waals surface area contributed by atoms with Crippen LogP contribution in [0.25, 0.3) is 0 Å². The molecule has 4 heteroatoms. The molecule has 1 atom stereocenters. The van der Waals surface area contributed by atoms with Crippen LogP contribution < -0.4 is 5.32 Å². The number of nitrogens with one attached hydrogen (secondary N) is 1. The van der Waals surface area contributed by atoms with Crippen LogP contribution in [0.5, 0.6) is 0 Å². The standard InChI is InChI=1S/C17H33N3O/c1-17(14-21,18-16-5-6-16)7-2-8-19-9-11-20(12-10-19)13-15-3-4-15/h15-16,18,21H,2-14H2,1H3. The van der Waals surface area contributed by atoms with Crippen LogP contribution in [0, 0.1) is 5.92 Å². The summed E-state index contributed by atoms with van der Waals surface area (Å²) >= 11 is 0. The van der Waals surface area contributed by atoms with Gasteiger partial charge in [0.15, 0.2) is 0 Å². The SMILES string of the molecule is CC(CO)(CCCN1CCN(CC2CC2)CC1)NC1CC1. The summed E-state index contributed by atoms with van der Waals surface area (Å²) < 4.78 is 0. The van der Waals surface area contributed by atoms with Gasteiger partial charge in [-0.15, -0.1) is 0 Å². The molecular weight excluding hydrogens is 262 g/mol. The monoisotopic (exact) mass is 295 g/mol. The Kier molecular flexibility index (Phi) is 5.20. The van der Waals surface area contributed by atoms with E-state index in [-0.39, 0.29) is 12.1 Å². The van der Waals surface area contributed by atoms with Crippen molar-refractivity contribution in [3.05, 3.63) is 0 Å². The maximum Gasteiger partial charge on any atom is 0.0610 e. The maximum atomic E-state index is 9.64. The van der Waals surface area contributed by atoms with E-state index < -0.39 is 0 Å². The summed E-state index contributed by atoms with van der Waals surface area (Å²) in [6, 6.07) is 0.674. The first-order chi connectivity index (χ1) is 10.2. The summed E-state index contributed by atoms with van der Waals surface area (Å²) in [5, 5.41) is 13.3. The first kappa shape index (κ1) is 15.7. The van der Waals surface area contributed by atoms with Crippen LogP contribution in [0.15, 0.2) is 0 Å². The summed E-state index contributed by atoms with van der Waals surface area (Å²) in [6.45, 7) is 9.97. The van der Waals surface area contributed by atoms with Crippen molar-refractivity contribution < 1.29 is 5.11 Å². The van der Waals surface area contributed by atoms with Gasteiger partial charge in [0.2, 0.25) is 0 Å². The van der Waals surface area contributed by atoms with Crippen LogP contribution in [0.1, 0.15) is 45.4 Å². The first-order valence-corrected chi connectivity index (χ1v) is 9.00. The number of piperazine rings is 1. The topological polar surface area (TPSA) is 38.7 Å². The fourth-order valence-corrected chi connectivity index (χ4v) is 3.47.